The number of carbonyl (C=O) groups excluding carboxylic acids is 1. The lowest BCUT2D eigenvalue weighted by Crippen LogP contribution is -2.26. The van der Waals surface area contributed by atoms with Crippen LogP contribution in [0.5, 0.6) is 0 Å². The number of amides is 1. The fourth-order valence-corrected chi connectivity index (χ4v) is 3.06. The summed E-state index contributed by atoms with van der Waals surface area (Å²) in [5.41, 5.74) is 5.41. The van der Waals surface area contributed by atoms with Crippen LogP contribution in [0, 0.1) is 6.92 Å². The predicted molar refractivity (Wildman–Crippen MR) is 93.2 cm³/mol. The van der Waals surface area contributed by atoms with Crippen molar-refractivity contribution in [1.29, 1.82) is 0 Å². The third-order valence-electron chi connectivity index (χ3n) is 4.57. The molecular formula is C19H18N4O. The Balaban J connectivity index is 1.72. The molecule has 0 bridgehead atoms. The number of fused-ring (bicyclic) bond motifs is 1. The zero-order valence-electron chi connectivity index (χ0n) is 13.9. The first-order valence-corrected chi connectivity index (χ1v) is 7.89. The molecule has 4 rings (SSSR count). The summed E-state index contributed by atoms with van der Waals surface area (Å²) in [7, 11) is 0. The number of benzene rings is 1. The SMILES string of the molecule is Cc1cc(-c2cnn(-c3ccc4c(c3)NC(=O)C4(C)C)c2)ccn1. The predicted octanol–water partition coefficient (Wildman–Crippen LogP) is 3.47. The monoisotopic (exact) mass is 318 g/mol. The van der Waals surface area contributed by atoms with Crippen LogP contribution in [0.4, 0.5) is 5.69 Å². The van der Waals surface area contributed by atoms with Crippen LogP contribution < -0.4 is 5.32 Å². The Kier molecular flexibility index (Phi) is 3.06. The molecule has 1 amide bonds. The van der Waals surface area contributed by atoms with Gasteiger partial charge < -0.3 is 5.32 Å². The Morgan fingerprint density at radius 1 is 1.12 bits per heavy atom. The number of aromatic nitrogens is 3. The van der Waals surface area contributed by atoms with Crippen molar-refractivity contribution >= 4 is 11.6 Å². The lowest BCUT2D eigenvalue weighted by Gasteiger charge is -2.14. The molecule has 0 radical (unpaired) electrons. The minimum absolute atomic E-state index is 0.0306. The average molecular weight is 318 g/mol. The maximum atomic E-state index is 12.1. The molecule has 1 aliphatic rings. The van der Waals surface area contributed by atoms with Gasteiger partial charge in [0.1, 0.15) is 0 Å². The zero-order valence-corrected chi connectivity index (χ0v) is 13.9. The molecule has 5 nitrogen and oxygen atoms in total. The molecule has 1 N–H and O–H groups in total. The van der Waals surface area contributed by atoms with Crippen LogP contribution in [0.1, 0.15) is 25.1 Å². The minimum atomic E-state index is -0.488. The van der Waals surface area contributed by atoms with Gasteiger partial charge in [-0.15, -0.1) is 0 Å². The van der Waals surface area contributed by atoms with E-state index in [-0.39, 0.29) is 5.91 Å². The number of rotatable bonds is 2. The number of hydrogen-bond acceptors (Lipinski definition) is 3. The Hall–Kier alpha value is -2.95. The smallest absolute Gasteiger partial charge is 0.234 e. The van der Waals surface area contributed by atoms with Crippen LogP contribution in [-0.4, -0.2) is 20.7 Å². The first-order chi connectivity index (χ1) is 11.4. The molecule has 3 heterocycles. The highest BCUT2D eigenvalue weighted by Crippen LogP contribution is 2.38. The van der Waals surface area contributed by atoms with Gasteiger partial charge in [-0.1, -0.05) is 6.07 Å². The van der Waals surface area contributed by atoms with Crippen molar-refractivity contribution in [2.24, 2.45) is 0 Å². The average Bonchev–Trinajstić information content (AvgIpc) is 3.12. The Morgan fingerprint density at radius 2 is 1.96 bits per heavy atom. The third kappa shape index (κ3) is 2.21. The van der Waals surface area contributed by atoms with Crippen LogP contribution in [0.25, 0.3) is 16.8 Å². The number of carbonyl (C=O) groups is 1. The molecule has 0 saturated heterocycles. The van der Waals surface area contributed by atoms with Crippen molar-refractivity contribution < 1.29 is 4.79 Å². The van der Waals surface area contributed by atoms with Gasteiger partial charge in [-0.2, -0.15) is 5.10 Å². The van der Waals surface area contributed by atoms with E-state index in [4.69, 9.17) is 0 Å². The van der Waals surface area contributed by atoms with Crippen molar-refractivity contribution in [3.63, 3.8) is 0 Å². The van der Waals surface area contributed by atoms with Gasteiger partial charge in [-0.3, -0.25) is 9.78 Å². The molecular weight excluding hydrogens is 300 g/mol. The highest BCUT2D eigenvalue weighted by Gasteiger charge is 2.38. The normalized spacial score (nSPS) is 15.2. The summed E-state index contributed by atoms with van der Waals surface area (Å²) in [4.78, 5) is 16.3. The molecule has 0 spiro atoms. The van der Waals surface area contributed by atoms with Gasteiger partial charge in [0.15, 0.2) is 0 Å². The van der Waals surface area contributed by atoms with Crippen molar-refractivity contribution in [3.8, 4) is 16.8 Å². The summed E-state index contributed by atoms with van der Waals surface area (Å²) in [6.45, 7) is 5.84. The number of anilines is 1. The standard InChI is InChI=1S/C19H18N4O/c1-12-8-13(6-7-20-12)14-10-21-23(11-14)15-4-5-16-17(9-15)22-18(24)19(16,2)3/h4-11H,1-3H3,(H,22,24). The first-order valence-electron chi connectivity index (χ1n) is 7.89. The Bertz CT molecular complexity index is 956. The van der Waals surface area contributed by atoms with Gasteiger partial charge in [0.2, 0.25) is 5.91 Å². The molecule has 5 heteroatoms. The van der Waals surface area contributed by atoms with Crippen molar-refractivity contribution in [2.45, 2.75) is 26.2 Å². The topological polar surface area (TPSA) is 59.8 Å². The molecule has 0 fully saturated rings. The van der Waals surface area contributed by atoms with E-state index in [1.807, 2.05) is 68.2 Å². The Morgan fingerprint density at radius 3 is 2.75 bits per heavy atom. The summed E-state index contributed by atoms with van der Waals surface area (Å²) in [5, 5.41) is 7.41. The second-order valence-electron chi connectivity index (χ2n) is 6.67. The molecule has 3 aromatic rings. The molecule has 0 aliphatic carbocycles. The molecule has 0 saturated carbocycles. The van der Waals surface area contributed by atoms with Gasteiger partial charge in [-0.05, 0) is 56.2 Å². The van der Waals surface area contributed by atoms with Crippen molar-refractivity contribution in [2.75, 3.05) is 5.32 Å². The van der Waals surface area contributed by atoms with Crippen LogP contribution in [0.3, 0.4) is 0 Å². The van der Waals surface area contributed by atoms with E-state index in [1.165, 1.54) is 0 Å². The first kappa shape index (κ1) is 14.6. The fourth-order valence-electron chi connectivity index (χ4n) is 3.06. The van der Waals surface area contributed by atoms with Crippen molar-refractivity contribution in [1.82, 2.24) is 14.8 Å². The lowest BCUT2D eigenvalue weighted by atomic mass is 9.86. The van der Waals surface area contributed by atoms with Crippen LogP contribution >= 0.6 is 0 Å². The lowest BCUT2D eigenvalue weighted by molar-refractivity contribution is -0.119. The number of nitrogens with zero attached hydrogens (tertiary/aromatic N) is 3. The summed E-state index contributed by atoms with van der Waals surface area (Å²) in [5.74, 6) is 0.0306. The summed E-state index contributed by atoms with van der Waals surface area (Å²) < 4.78 is 1.82. The van der Waals surface area contributed by atoms with Gasteiger partial charge in [0.05, 0.1) is 17.3 Å². The van der Waals surface area contributed by atoms with Crippen molar-refractivity contribution in [3.05, 3.63) is 60.2 Å². The van der Waals surface area contributed by atoms with Gasteiger partial charge in [0, 0.05) is 29.3 Å². The fraction of sp³-hybridized carbons (Fsp3) is 0.211. The molecule has 2 aromatic heterocycles. The summed E-state index contributed by atoms with van der Waals surface area (Å²) in [6, 6.07) is 9.97. The highest BCUT2D eigenvalue weighted by molar-refractivity contribution is 6.05. The van der Waals surface area contributed by atoms with E-state index in [9.17, 15) is 4.79 Å². The molecule has 1 aromatic carbocycles. The van der Waals surface area contributed by atoms with E-state index >= 15 is 0 Å². The van der Waals surface area contributed by atoms with E-state index in [0.29, 0.717) is 0 Å². The number of aryl methyl sites for hydroxylation is 1. The minimum Gasteiger partial charge on any atom is -0.325 e. The zero-order chi connectivity index (χ0) is 16.9. The van der Waals surface area contributed by atoms with E-state index in [0.717, 1.165) is 33.8 Å². The van der Waals surface area contributed by atoms with E-state index < -0.39 is 5.41 Å². The molecule has 0 unspecified atom stereocenters. The number of pyridine rings is 1. The number of hydrogen-bond donors (Lipinski definition) is 1. The van der Waals surface area contributed by atoms with Crippen LogP contribution in [0.15, 0.2) is 48.9 Å². The second-order valence-corrected chi connectivity index (χ2v) is 6.67. The van der Waals surface area contributed by atoms with Gasteiger partial charge in [-0.25, -0.2) is 4.68 Å². The number of nitrogens with one attached hydrogen (secondary N) is 1. The van der Waals surface area contributed by atoms with Gasteiger partial charge in [0.25, 0.3) is 0 Å². The van der Waals surface area contributed by atoms with Crippen LogP contribution in [-0.2, 0) is 10.2 Å². The molecule has 0 atom stereocenters. The van der Waals surface area contributed by atoms with E-state index in [2.05, 4.69) is 15.4 Å². The third-order valence-corrected chi connectivity index (χ3v) is 4.57. The Labute approximate surface area is 140 Å². The summed E-state index contributed by atoms with van der Waals surface area (Å²) in [6.07, 6.45) is 5.62. The molecule has 1 aliphatic heterocycles. The maximum Gasteiger partial charge on any atom is 0.234 e. The largest absolute Gasteiger partial charge is 0.325 e. The quantitative estimate of drug-likeness (QED) is 0.787. The highest BCUT2D eigenvalue weighted by atomic mass is 16.2. The second kappa shape index (κ2) is 5.03. The van der Waals surface area contributed by atoms with E-state index in [1.54, 1.807) is 6.20 Å². The maximum absolute atomic E-state index is 12.1. The summed E-state index contributed by atoms with van der Waals surface area (Å²) >= 11 is 0. The van der Waals surface area contributed by atoms with Crippen LogP contribution in [0.2, 0.25) is 0 Å². The molecule has 24 heavy (non-hydrogen) atoms. The molecule has 120 valence electrons. The van der Waals surface area contributed by atoms with Gasteiger partial charge >= 0.3 is 0 Å².